The second-order valence-corrected chi connectivity index (χ2v) is 6.11. The lowest BCUT2D eigenvalue weighted by Gasteiger charge is -2.11. The van der Waals surface area contributed by atoms with Gasteiger partial charge in [-0.05, 0) is 31.2 Å². The largest absolute Gasteiger partial charge is 0.496 e. The lowest BCUT2D eigenvalue weighted by atomic mass is 10.0. The number of hydrogen-bond acceptors (Lipinski definition) is 8. The molecule has 0 aromatic heterocycles. The van der Waals surface area contributed by atoms with E-state index in [-0.39, 0.29) is 29.3 Å². The number of nitrogens with one attached hydrogen (secondary N) is 1. The summed E-state index contributed by atoms with van der Waals surface area (Å²) in [6.07, 6.45) is -0.211. The highest BCUT2D eigenvalue weighted by Crippen LogP contribution is 2.28. The molecule has 1 amide bonds. The van der Waals surface area contributed by atoms with Crippen LogP contribution in [0.5, 0.6) is 11.5 Å². The first kappa shape index (κ1) is 22.3. The van der Waals surface area contributed by atoms with Gasteiger partial charge in [0.25, 0.3) is 11.6 Å². The van der Waals surface area contributed by atoms with Gasteiger partial charge < -0.3 is 19.5 Å². The number of nitrogens with zero attached hydrogens (tertiary/aromatic N) is 1. The lowest BCUT2D eigenvalue weighted by Crippen LogP contribution is -2.22. The van der Waals surface area contributed by atoms with Crippen LogP contribution in [0.4, 0.5) is 11.4 Å². The zero-order valence-electron chi connectivity index (χ0n) is 16.6. The van der Waals surface area contributed by atoms with Gasteiger partial charge in [0, 0.05) is 23.3 Å². The number of rotatable bonds is 9. The highest BCUT2D eigenvalue weighted by Gasteiger charge is 2.16. The summed E-state index contributed by atoms with van der Waals surface area (Å²) in [5.74, 6) is -0.965. The minimum absolute atomic E-state index is 0.0728. The Morgan fingerprint density at radius 3 is 2.30 bits per heavy atom. The Balaban J connectivity index is 2.01. The fourth-order valence-electron chi connectivity index (χ4n) is 2.58. The van der Waals surface area contributed by atoms with Crippen molar-refractivity contribution >= 4 is 29.0 Å². The van der Waals surface area contributed by atoms with Crippen LogP contribution in [0.1, 0.15) is 22.8 Å². The molecule has 0 saturated carbocycles. The number of carbonyl (C=O) groups excluding carboxylic acids is 3. The number of carbonyl (C=O) groups is 3. The summed E-state index contributed by atoms with van der Waals surface area (Å²) in [6.45, 7) is 0.788. The van der Waals surface area contributed by atoms with E-state index < -0.39 is 23.4 Å². The maximum atomic E-state index is 12.1. The third-order valence-corrected chi connectivity index (χ3v) is 4.05. The topological polar surface area (TPSA) is 134 Å². The number of Topliss-reactive ketones (excluding diaryl/α,β-unsaturated/α-hetero) is 1. The fraction of sp³-hybridized carbons (Fsp3) is 0.250. The van der Waals surface area contributed by atoms with E-state index in [9.17, 15) is 24.5 Å². The van der Waals surface area contributed by atoms with E-state index in [1.54, 1.807) is 12.1 Å². The second kappa shape index (κ2) is 10.0. The van der Waals surface area contributed by atoms with Crippen LogP contribution >= 0.6 is 0 Å². The van der Waals surface area contributed by atoms with Crippen LogP contribution in [0.15, 0.2) is 36.4 Å². The predicted octanol–water partition coefficient (Wildman–Crippen LogP) is 2.54. The minimum atomic E-state index is -0.713. The molecule has 0 fully saturated rings. The van der Waals surface area contributed by atoms with Crippen LogP contribution in [0.25, 0.3) is 0 Å². The molecule has 2 aromatic carbocycles. The van der Waals surface area contributed by atoms with Gasteiger partial charge in [0.15, 0.2) is 12.4 Å². The molecule has 0 bridgehead atoms. The molecule has 0 atom stereocenters. The maximum Gasteiger partial charge on any atom is 0.310 e. The first-order valence-electron chi connectivity index (χ1n) is 8.71. The third-order valence-electron chi connectivity index (χ3n) is 4.05. The molecular weight excluding hydrogens is 396 g/mol. The SMILES string of the molecule is COc1ccc(C(C)=O)cc1CC(=O)OCC(=O)Nc1cc([N+](=O)[O-])ccc1OC. The molecule has 0 unspecified atom stereocenters. The molecule has 0 spiro atoms. The summed E-state index contributed by atoms with van der Waals surface area (Å²) in [7, 11) is 2.77. The van der Waals surface area contributed by atoms with Crippen molar-refractivity contribution in [3.05, 3.63) is 57.6 Å². The molecule has 0 aliphatic heterocycles. The molecule has 10 heteroatoms. The van der Waals surface area contributed by atoms with E-state index in [2.05, 4.69) is 5.32 Å². The molecule has 158 valence electrons. The molecule has 0 aliphatic rings. The number of ketones is 1. The van der Waals surface area contributed by atoms with Gasteiger partial charge in [-0.2, -0.15) is 0 Å². The van der Waals surface area contributed by atoms with Crippen molar-refractivity contribution < 1.29 is 33.5 Å². The molecule has 0 radical (unpaired) electrons. The summed E-state index contributed by atoms with van der Waals surface area (Å²) in [5, 5.41) is 13.3. The van der Waals surface area contributed by atoms with Crippen LogP contribution < -0.4 is 14.8 Å². The number of esters is 1. The Morgan fingerprint density at radius 2 is 1.70 bits per heavy atom. The van der Waals surface area contributed by atoms with Crippen LogP contribution in [0, 0.1) is 10.1 Å². The Morgan fingerprint density at radius 1 is 1.03 bits per heavy atom. The molecule has 2 rings (SSSR count). The van der Waals surface area contributed by atoms with Gasteiger partial charge in [-0.25, -0.2) is 0 Å². The summed E-state index contributed by atoms with van der Waals surface area (Å²) in [6, 6.07) is 8.38. The first-order valence-corrected chi connectivity index (χ1v) is 8.71. The molecule has 0 saturated heterocycles. The van der Waals surface area contributed by atoms with Crippen molar-refractivity contribution in [1.82, 2.24) is 0 Å². The lowest BCUT2D eigenvalue weighted by molar-refractivity contribution is -0.384. The normalized spacial score (nSPS) is 10.1. The van der Waals surface area contributed by atoms with Gasteiger partial charge in [0.1, 0.15) is 11.5 Å². The molecule has 0 heterocycles. The summed E-state index contributed by atoms with van der Waals surface area (Å²) >= 11 is 0. The van der Waals surface area contributed by atoms with Gasteiger partial charge >= 0.3 is 5.97 Å². The summed E-state index contributed by atoms with van der Waals surface area (Å²) < 4.78 is 15.2. The highest BCUT2D eigenvalue weighted by molar-refractivity contribution is 5.95. The van der Waals surface area contributed by atoms with Crippen LogP contribution in [0.3, 0.4) is 0 Å². The summed E-state index contributed by atoms with van der Waals surface area (Å²) in [5.41, 5.74) is 0.689. The van der Waals surface area contributed by atoms with Crippen molar-refractivity contribution in [2.75, 3.05) is 26.1 Å². The number of benzene rings is 2. The number of methoxy groups -OCH3 is 2. The zero-order chi connectivity index (χ0) is 22.3. The second-order valence-electron chi connectivity index (χ2n) is 6.11. The number of nitro benzene ring substituents is 1. The Bertz CT molecular complexity index is 907. The molecule has 1 N–H and O–H groups in total. The molecule has 0 aliphatic carbocycles. The van der Waals surface area contributed by atoms with Gasteiger partial charge in [-0.3, -0.25) is 24.5 Å². The Hall–Kier alpha value is -3.95. The van der Waals surface area contributed by atoms with E-state index in [1.165, 1.54) is 39.3 Å². The average Bonchev–Trinajstić information content (AvgIpc) is 2.72. The summed E-state index contributed by atoms with van der Waals surface area (Å²) in [4.78, 5) is 46.0. The molecular formula is C20H20N2O8. The number of amides is 1. The number of non-ortho nitro benzene ring substituents is 1. The third kappa shape index (κ3) is 5.77. The maximum absolute atomic E-state index is 12.1. The van der Waals surface area contributed by atoms with E-state index in [1.807, 2.05) is 0 Å². The molecule has 10 nitrogen and oxygen atoms in total. The Labute approximate surface area is 171 Å². The van der Waals surface area contributed by atoms with E-state index in [0.29, 0.717) is 16.9 Å². The van der Waals surface area contributed by atoms with Gasteiger partial charge in [0.2, 0.25) is 0 Å². The number of nitro groups is 1. The van der Waals surface area contributed by atoms with Crippen LogP contribution in [-0.2, 0) is 20.7 Å². The Kier molecular flexibility index (Phi) is 7.45. The van der Waals surface area contributed by atoms with E-state index in [4.69, 9.17) is 14.2 Å². The fourth-order valence-corrected chi connectivity index (χ4v) is 2.58. The minimum Gasteiger partial charge on any atom is -0.496 e. The van der Waals surface area contributed by atoms with E-state index >= 15 is 0 Å². The standard InChI is InChI=1S/C20H20N2O8/c1-12(23)13-4-6-17(28-2)14(8-13)9-20(25)30-11-19(24)21-16-10-15(22(26)27)5-7-18(16)29-3/h4-8,10H,9,11H2,1-3H3,(H,21,24). The van der Waals surface area contributed by atoms with Crippen molar-refractivity contribution in [3.8, 4) is 11.5 Å². The van der Waals surface area contributed by atoms with Crippen LogP contribution in [0.2, 0.25) is 0 Å². The number of ether oxygens (including phenoxy) is 3. The average molecular weight is 416 g/mol. The van der Waals surface area contributed by atoms with Crippen LogP contribution in [-0.4, -0.2) is 43.4 Å². The quantitative estimate of drug-likeness (QED) is 0.285. The molecule has 30 heavy (non-hydrogen) atoms. The monoisotopic (exact) mass is 416 g/mol. The van der Waals surface area contributed by atoms with Gasteiger partial charge in [0.05, 0.1) is 31.3 Å². The van der Waals surface area contributed by atoms with Crippen molar-refractivity contribution in [2.24, 2.45) is 0 Å². The highest BCUT2D eigenvalue weighted by atomic mass is 16.6. The van der Waals surface area contributed by atoms with Gasteiger partial charge in [-0.1, -0.05) is 0 Å². The van der Waals surface area contributed by atoms with Gasteiger partial charge in [-0.15, -0.1) is 0 Å². The first-order chi connectivity index (χ1) is 14.2. The molecule has 2 aromatic rings. The van der Waals surface area contributed by atoms with Crippen molar-refractivity contribution in [3.63, 3.8) is 0 Å². The van der Waals surface area contributed by atoms with Crippen molar-refractivity contribution in [1.29, 1.82) is 0 Å². The predicted molar refractivity (Wildman–Crippen MR) is 106 cm³/mol. The number of anilines is 1. The number of hydrogen-bond donors (Lipinski definition) is 1. The smallest absolute Gasteiger partial charge is 0.310 e. The zero-order valence-corrected chi connectivity index (χ0v) is 16.6. The van der Waals surface area contributed by atoms with E-state index in [0.717, 1.165) is 6.07 Å². The van der Waals surface area contributed by atoms with Crippen molar-refractivity contribution in [2.45, 2.75) is 13.3 Å².